The Hall–Kier alpha value is -2.63. The van der Waals surface area contributed by atoms with Crippen LogP contribution in [-0.4, -0.2) is 28.2 Å². The lowest BCUT2D eigenvalue weighted by Crippen LogP contribution is -2.12. The summed E-state index contributed by atoms with van der Waals surface area (Å²) in [6, 6.07) is 6.83. The van der Waals surface area contributed by atoms with Crippen LogP contribution in [0.25, 0.3) is 10.9 Å². The van der Waals surface area contributed by atoms with Crippen molar-refractivity contribution in [3.05, 3.63) is 48.3 Å². The minimum atomic E-state index is -0.245. The Balaban J connectivity index is 1.88. The van der Waals surface area contributed by atoms with Crippen molar-refractivity contribution in [1.29, 1.82) is 0 Å². The second kappa shape index (κ2) is 6.01. The molecule has 0 unspecified atom stereocenters. The zero-order valence-corrected chi connectivity index (χ0v) is 12.5. The number of hydrogen-bond acceptors (Lipinski definition) is 4. The molecule has 1 N–H and O–H groups in total. The lowest BCUT2D eigenvalue weighted by molar-refractivity contribution is 0.414. The lowest BCUT2D eigenvalue weighted by Gasteiger charge is -2.10. The molecule has 114 valence electrons. The second-order valence-electron chi connectivity index (χ2n) is 4.93. The number of rotatable bonds is 5. The van der Waals surface area contributed by atoms with Crippen molar-refractivity contribution in [3.63, 3.8) is 0 Å². The molecular weight excluding hydrogens is 283 g/mol. The van der Waals surface area contributed by atoms with Gasteiger partial charge < -0.3 is 14.6 Å². The van der Waals surface area contributed by atoms with Gasteiger partial charge in [-0.25, -0.2) is 14.4 Å². The van der Waals surface area contributed by atoms with Crippen LogP contribution in [0.4, 0.5) is 10.2 Å². The van der Waals surface area contributed by atoms with Crippen LogP contribution < -0.4 is 10.1 Å². The molecule has 0 aliphatic heterocycles. The first-order valence-electron chi connectivity index (χ1n) is 7.03. The van der Waals surface area contributed by atoms with Crippen molar-refractivity contribution in [3.8, 4) is 5.75 Å². The molecule has 5 nitrogen and oxygen atoms in total. The Bertz CT molecular complexity index is 786. The fraction of sp³-hybridized carbons (Fsp3) is 0.250. The summed E-state index contributed by atoms with van der Waals surface area (Å²) >= 11 is 0. The molecular formula is C16H17FN4O. The number of halogens is 1. The van der Waals surface area contributed by atoms with Gasteiger partial charge in [-0.15, -0.1) is 0 Å². The highest BCUT2D eigenvalue weighted by atomic mass is 19.1. The molecule has 0 saturated carbocycles. The molecule has 3 aromatic rings. The van der Waals surface area contributed by atoms with Gasteiger partial charge in [0.2, 0.25) is 0 Å². The van der Waals surface area contributed by atoms with Crippen LogP contribution in [-0.2, 0) is 6.54 Å². The number of ether oxygens (including phenoxy) is 1. The summed E-state index contributed by atoms with van der Waals surface area (Å²) in [4.78, 5) is 7.97. The fourth-order valence-electron chi connectivity index (χ4n) is 2.69. The van der Waals surface area contributed by atoms with E-state index in [4.69, 9.17) is 4.74 Å². The zero-order valence-electron chi connectivity index (χ0n) is 12.5. The number of hydrogen-bond donors (Lipinski definition) is 1. The van der Waals surface area contributed by atoms with Gasteiger partial charge in [-0.1, -0.05) is 6.07 Å². The molecule has 0 aliphatic carbocycles. The van der Waals surface area contributed by atoms with Crippen molar-refractivity contribution in [2.75, 3.05) is 19.0 Å². The van der Waals surface area contributed by atoms with Crippen molar-refractivity contribution in [2.24, 2.45) is 0 Å². The van der Waals surface area contributed by atoms with Gasteiger partial charge in [0, 0.05) is 24.7 Å². The Morgan fingerprint density at radius 3 is 2.91 bits per heavy atom. The van der Waals surface area contributed by atoms with Gasteiger partial charge in [0.05, 0.1) is 18.3 Å². The predicted molar refractivity (Wildman–Crippen MR) is 83.7 cm³/mol. The molecule has 2 heterocycles. The maximum Gasteiger partial charge on any atom is 0.147 e. The molecule has 0 bridgehead atoms. The maximum atomic E-state index is 14.2. The molecule has 0 spiro atoms. The molecule has 6 heteroatoms. The summed E-state index contributed by atoms with van der Waals surface area (Å²) in [6.07, 6.45) is 3.16. The van der Waals surface area contributed by atoms with E-state index in [1.165, 1.54) is 12.4 Å². The van der Waals surface area contributed by atoms with Crippen molar-refractivity contribution < 1.29 is 9.13 Å². The van der Waals surface area contributed by atoms with Crippen LogP contribution in [0.5, 0.6) is 5.75 Å². The summed E-state index contributed by atoms with van der Waals surface area (Å²) in [5, 5.41) is 3.99. The summed E-state index contributed by atoms with van der Waals surface area (Å²) in [5.74, 6) is 1.22. The van der Waals surface area contributed by atoms with Gasteiger partial charge in [-0.05, 0) is 25.1 Å². The van der Waals surface area contributed by atoms with E-state index in [9.17, 15) is 4.39 Å². The minimum Gasteiger partial charge on any atom is -0.494 e. The van der Waals surface area contributed by atoms with E-state index in [-0.39, 0.29) is 5.82 Å². The quantitative estimate of drug-likeness (QED) is 0.787. The molecule has 0 saturated heterocycles. The van der Waals surface area contributed by atoms with Crippen LogP contribution in [0.2, 0.25) is 0 Å². The first-order chi connectivity index (χ1) is 10.7. The highest BCUT2D eigenvalue weighted by molar-refractivity contribution is 5.89. The van der Waals surface area contributed by atoms with E-state index < -0.39 is 0 Å². The fourth-order valence-corrected chi connectivity index (χ4v) is 2.69. The number of nitrogens with one attached hydrogen (secondary N) is 1. The normalized spacial score (nSPS) is 10.9. The van der Waals surface area contributed by atoms with Gasteiger partial charge in [-0.3, -0.25) is 0 Å². The highest BCUT2D eigenvalue weighted by Gasteiger charge is 2.17. The zero-order chi connectivity index (χ0) is 15.5. The SMILES string of the molecule is COc1c(C)n(CCNc2ccncn2)c2c(F)cccc12. The molecule has 2 aromatic heterocycles. The topological polar surface area (TPSA) is 52.0 Å². The summed E-state index contributed by atoms with van der Waals surface area (Å²) in [6.45, 7) is 3.17. The smallest absolute Gasteiger partial charge is 0.147 e. The number of anilines is 1. The molecule has 22 heavy (non-hydrogen) atoms. The second-order valence-corrected chi connectivity index (χ2v) is 4.93. The Morgan fingerprint density at radius 1 is 1.32 bits per heavy atom. The summed E-state index contributed by atoms with van der Waals surface area (Å²) in [7, 11) is 1.61. The van der Waals surface area contributed by atoms with Crippen LogP contribution in [0.15, 0.2) is 36.8 Å². The number of aromatic nitrogens is 3. The molecule has 0 aliphatic rings. The monoisotopic (exact) mass is 300 g/mol. The highest BCUT2D eigenvalue weighted by Crippen LogP contribution is 2.33. The van der Waals surface area contributed by atoms with Crippen LogP contribution in [0, 0.1) is 12.7 Å². The average molecular weight is 300 g/mol. The standard InChI is InChI=1S/C16H17FN4O/c1-11-16(22-2)12-4-3-5-13(17)15(12)21(11)9-8-19-14-6-7-18-10-20-14/h3-7,10H,8-9H2,1-2H3,(H,18,19,20). The Labute approximate surface area is 127 Å². The largest absolute Gasteiger partial charge is 0.494 e. The van der Waals surface area contributed by atoms with E-state index in [1.807, 2.05) is 17.6 Å². The third kappa shape index (κ3) is 2.47. The number of fused-ring (bicyclic) bond motifs is 1. The molecule has 0 radical (unpaired) electrons. The van der Waals surface area contributed by atoms with Crippen molar-refractivity contribution in [2.45, 2.75) is 13.5 Å². The van der Waals surface area contributed by atoms with Crippen LogP contribution in [0.3, 0.4) is 0 Å². The number of benzene rings is 1. The average Bonchev–Trinajstić information content (AvgIpc) is 2.81. The molecule has 3 rings (SSSR count). The van der Waals surface area contributed by atoms with Crippen molar-refractivity contribution >= 4 is 16.7 Å². The molecule has 1 aromatic carbocycles. The van der Waals surface area contributed by atoms with E-state index in [0.717, 1.165) is 22.6 Å². The Morgan fingerprint density at radius 2 is 2.18 bits per heavy atom. The minimum absolute atomic E-state index is 0.245. The van der Waals surface area contributed by atoms with Gasteiger partial charge in [0.25, 0.3) is 0 Å². The van der Waals surface area contributed by atoms with Gasteiger partial charge in [0.15, 0.2) is 0 Å². The predicted octanol–water partition coefficient (Wildman–Crippen LogP) is 3.00. The number of para-hydroxylation sites is 1. The van der Waals surface area contributed by atoms with Crippen LogP contribution >= 0.6 is 0 Å². The first kappa shape index (κ1) is 14.3. The van der Waals surface area contributed by atoms with E-state index in [1.54, 1.807) is 25.4 Å². The number of nitrogens with zero attached hydrogens (tertiary/aromatic N) is 3. The van der Waals surface area contributed by atoms with E-state index in [0.29, 0.717) is 18.6 Å². The third-order valence-electron chi connectivity index (χ3n) is 3.66. The van der Waals surface area contributed by atoms with Gasteiger partial charge in [-0.2, -0.15) is 0 Å². The van der Waals surface area contributed by atoms with Crippen molar-refractivity contribution in [1.82, 2.24) is 14.5 Å². The van der Waals surface area contributed by atoms with Gasteiger partial charge >= 0.3 is 0 Å². The third-order valence-corrected chi connectivity index (χ3v) is 3.66. The lowest BCUT2D eigenvalue weighted by atomic mass is 10.2. The summed E-state index contributed by atoms with van der Waals surface area (Å²) < 4.78 is 21.6. The van der Waals surface area contributed by atoms with Gasteiger partial charge in [0.1, 0.15) is 23.7 Å². The number of methoxy groups -OCH3 is 1. The maximum absolute atomic E-state index is 14.2. The van der Waals surface area contributed by atoms with E-state index in [2.05, 4.69) is 15.3 Å². The summed E-state index contributed by atoms with van der Waals surface area (Å²) in [5.41, 5.74) is 1.48. The molecule has 0 atom stereocenters. The van der Waals surface area contributed by atoms with Crippen LogP contribution in [0.1, 0.15) is 5.69 Å². The Kier molecular flexibility index (Phi) is 3.91. The van der Waals surface area contributed by atoms with E-state index >= 15 is 0 Å². The molecule has 0 fully saturated rings. The molecule has 0 amide bonds. The first-order valence-corrected chi connectivity index (χ1v) is 7.03.